The van der Waals surface area contributed by atoms with E-state index >= 15 is 0 Å². The Hall–Kier alpha value is -2.60. The van der Waals surface area contributed by atoms with Crippen LogP contribution in [0.25, 0.3) is 11.2 Å². The molecular weight excluding hydrogens is 515 g/mol. The van der Waals surface area contributed by atoms with Gasteiger partial charge in [0.05, 0.1) is 31.2 Å². The molecule has 2 aromatic rings. The van der Waals surface area contributed by atoms with Crippen LogP contribution in [0.1, 0.15) is 66.7 Å². The van der Waals surface area contributed by atoms with Crippen LogP contribution in [0.15, 0.2) is 12.7 Å². The number of ether oxygens (including phenoxy) is 3. The van der Waals surface area contributed by atoms with E-state index in [2.05, 4.69) is 20.0 Å². The number of nitrogen functional groups attached to an aromatic ring is 1. The van der Waals surface area contributed by atoms with Crippen LogP contribution in [0.3, 0.4) is 0 Å². The second-order valence-corrected chi connectivity index (χ2v) is 12.2. The third-order valence-electron chi connectivity index (χ3n) is 6.00. The molecule has 0 saturated heterocycles. The lowest BCUT2D eigenvalue weighted by Crippen LogP contribution is -2.53. The van der Waals surface area contributed by atoms with Gasteiger partial charge in [-0.15, -0.1) is 0 Å². The Morgan fingerprint density at radius 1 is 1.08 bits per heavy atom. The van der Waals surface area contributed by atoms with Crippen molar-refractivity contribution in [3.8, 4) is 0 Å². The molecule has 38 heavy (non-hydrogen) atoms. The Morgan fingerprint density at radius 3 is 2.42 bits per heavy atom. The maximum absolute atomic E-state index is 14.1. The van der Waals surface area contributed by atoms with Gasteiger partial charge in [-0.05, 0) is 47.5 Å². The van der Waals surface area contributed by atoms with Gasteiger partial charge in [0.1, 0.15) is 23.7 Å². The standard InChI is InChI=1S/C24H39N6O7P/c1-16(2)36-19(31)12-35-38(33,29-24(9-7-6-8-10-24)23(32)37-17(3)4)15-34-18(5)11-30-14-28-20-21(25)26-13-27-22(20)30/h13-14,16-18H,6-12,15H2,1-5H3,(H,29,33)(H2,25,26,27)/t18-,38?/m1/s1. The Balaban J connectivity index is 1.77. The van der Waals surface area contributed by atoms with Crippen molar-refractivity contribution in [3.05, 3.63) is 12.7 Å². The molecule has 3 rings (SSSR count). The number of aromatic nitrogens is 4. The predicted molar refractivity (Wildman–Crippen MR) is 140 cm³/mol. The van der Waals surface area contributed by atoms with Gasteiger partial charge in [0.2, 0.25) is 0 Å². The zero-order valence-corrected chi connectivity index (χ0v) is 23.6. The maximum Gasteiger partial charge on any atom is 0.332 e. The van der Waals surface area contributed by atoms with Gasteiger partial charge in [0.15, 0.2) is 18.1 Å². The van der Waals surface area contributed by atoms with Gasteiger partial charge in [-0.25, -0.2) is 24.8 Å². The van der Waals surface area contributed by atoms with E-state index in [1.54, 1.807) is 45.5 Å². The molecule has 0 radical (unpaired) electrons. The van der Waals surface area contributed by atoms with Crippen molar-refractivity contribution in [1.29, 1.82) is 0 Å². The fourth-order valence-electron chi connectivity index (χ4n) is 4.31. The first kappa shape index (κ1) is 29.9. The minimum absolute atomic E-state index is 0.267. The molecular formula is C24H39N6O7P. The summed E-state index contributed by atoms with van der Waals surface area (Å²) in [6.45, 7) is 8.48. The lowest BCUT2D eigenvalue weighted by Gasteiger charge is -2.38. The number of nitrogens with two attached hydrogens (primary N) is 1. The molecule has 1 aliphatic rings. The van der Waals surface area contributed by atoms with E-state index in [0.717, 1.165) is 19.3 Å². The molecule has 13 nitrogen and oxygen atoms in total. The van der Waals surface area contributed by atoms with Crippen molar-refractivity contribution in [2.75, 3.05) is 18.7 Å². The molecule has 212 valence electrons. The average Bonchev–Trinajstić information content (AvgIpc) is 3.25. The molecule has 1 aliphatic carbocycles. The Kier molecular flexibility index (Phi) is 10.2. The number of anilines is 1. The number of nitrogens with zero attached hydrogens (tertiary/aromatic N) is 4. The first-order valence-corrected chi connectivity index (χ1v) is 14.7. The highest BCUT2D eigenvalue weighted by molar-refractivity contribution is 7.56. The van der Waals surface area contributed by atoms with Crippen molar-refractivity contribution in [2.24, 2.45) is 0 Å². The maximum atomic E-state index is 14.1. The molecule has 14 heteroatoms. The number of hydrogen-bond donors (Lipinski definition) is 2. The molecule has 1 fully saturated rings. The van der Waals surface area contributed by atoms with E-state index in [1.165, 1.54) is 6.33 Å². The largest absolute Gasteiger partial charge is 0.462 e. The third-order valence-corrected chi connectivity index (χ3v) is 7.80. The van der Waals surface area contributed by atoms with E-state index in [4.69, 9.17) is 24.5 Å². The SMILES string of the molecule is CC(C)OC(=O)COP(=O)(CO[C@H](C)Cn1cnc2c(N)ncnc21)NC1(C(=O)OC(C)C)CCCCC1. The molecule has 3 N–H and O–H groups in total. The number of hydrogen-bond acceptors (Lipinski definition) is 11. The Morgan fingerprint density at radius 2 is 1.76 bits per heavy atom. The second kappa shape index (κ2) is 13.0. The van der Waals surface area contributed by atoms with Crippen LogP contribution in [0, 0.1) is 0 Å². The number of rotatable bonds is 13. The van der Waals surface area contributed by atoms with Crippen LogP contribution >= 0.6 is 7.52 Å². The first-order chi connectivity index (χ1) is 17.9. The first-order valence-electron chi connectivity index (χ1n) is 12.9. The normalized spacial score (nSPS) is 17.9. The van der Waals surface area contributed by atoms with Gasteiger partial charge in [-0.1, -0.05) is 19.3 Å². The van der Waals surface area contributed by atoms with Crippen molar-refractivity contribution < 1.29 is 32.9 Å². The Bertz CT molecular complexity index is 1150. The smallest absolute Gasteiger partial charge is 0.332 e. The molecule has 0 bridgehead atoms. The summed E-state index contributed by atoms with van der Waals surface area (Å²) in [5.74, 6) is -0.889. The van der Waals surface area contributed by atoms with E-state index in [0.29, 0.717) is 30.6 Å². The quantitative estimate of drug-likeness (QED) is 0.274. The van der Waals surface area contributed by atoms with Crippen molar-refractivity contribution >= 4 is 36.4 Å². The highest BCUT2D eigenvalue weighted by atomic mass is 31.2. The topological polar surface area (TPSA) is 170 Å². The van der Waals surface area contributed by atoms with E-state index in [9.17, 15) is 14.2 Å². The number of carbonyl (C=O) groups excluding carboxylic acids is 2. The molecule has 1 unspecified atom stereocenters. The summed E-state index contributed by atoms with van der Waals surface area (Å²) in [4.78, 5) is 37.8. The van der Waals surface area contributed by atoms with Crippen LogP contribution in [0.2, 0.25) is 0 Å². The summed E-state index contributed by atoms with van der Waals surface area (Å²) in [5.41, 5.74) is 5.67. The summed E-state index contributed by atoms with van der Waals surface area (Å²) in [7, 11) is -3.89. The van der Waals surface area contributed by atoms with E-state index < -0.39 is 37.7 Å². The summed E-state index contributed by atoms with van der Waals surface area (Å²) in [6, 6.07) is 0. The van der Waals surface area contributed by atoms with Crippen LogP contribution < -0.4 is 10.8 Å². The van der Waals surface area contributed by atoms with Gasteiger partial charge in [0, 0.05) is 0 Å². The number of fused-ring (bicyclic) bond motifs is 1. The third kappa shape index (κ3) is 7.95. The van der Waals surface area contributed by atoms with Gasteiger partial charge in [0.25, 0.3) is 7.52 Å². The predicted octanol–water partition coefficient (Wildman–Crippen LogP) is 3.18. The summed E-state index contributed by atoms with van der Waals surface area (Å²) >= 11 is 0. The van der Waals surface area contributed by atoms with Crippen molar-refractivity contribution in [3.63, 3.8) is 0 Å². The lowest BCUT2D eigenvalue weighted by molar-refractivity contribution is -0.156. The van der Waals surface area contributed by atoms with Gasteiger partial charge < -0.3 is 29.0 Å². The van der Waals surface area contributed by atoms with E-state index in [1.807, 2.05) is 0 Å². The number of esters is 2. The van der Waals surface area contributed by atoms with Crippen molar-refractivity contribution in [1.82, 2.24) is 24.6 Å². The minimum Gasteiger partial charge on any atom is -0.462 e. The van der Waals surface area contributed by atoms with Gasteiger partial charge in [-0.3, -0.25) is 9.36 Å². The summed E-state index contributed by atoms with van der Waals surface area (Å²) < 4.78 is 38.1. The molecule has 2 heterocycles. The molecule has 0 spiro atoms. The fraction of sp³-hybridized carbons (Fsp3) is 0.708. The summed E-state index contributed by atoms with van der Waals surface area (Å²) in [6.07, 6.45) is 4.70. The van der Waals surface area contributed by atoms with Crippen LogP contribution in [-0.2, 0) is 39.4 Å². The van der Waals surface area contributed by atoms with Crippen molar-refractivity contribution in [2.45, 2.75) is 97.1 Å². The summed E-state index contributed by atoms with van der Waals surface area (Å²) in [5, 5.41) is 2.98. The molecule has 0 amide bonds. The molecule has 2 atom stereocenters. The average molecular weight is 555 g/mol. The highest BCUT2D eigenvalue weighted by Crippen LogP contribution is 2.48. The molecule has 0 aliphatic heterocycles. The van der Waals surface area contributed by atoms with Crippen LogP contribution in [0.4, 0.5) is 5.82 Å². The monoisotopic (exact) mass is 554 g/mol. The zero-order chi connectivity index (χ0) is 27.9. The number of nitrogens with one attached hydrogen (secondary N) is 1. The lowest BCUT2D eigenvalue weighted by atomic mass is 9.82. The van der Waals surface area contributed by atoms with Crippen LogP contribution in [0.5, 0.6) is 0 Å². The molecule has 2 aromatic heterocycles. The second-order valence-electron chi connectivity index (χ2n) is 10.1. The fourth-order valence-corrected chi connectivity index (χ4v) is 6.25. The van der Waals surface area contributed by atoms with Crippen LogP contribution in [-0.4, -0.2) is 68.3 Å². The Labute approximate surface area is 222 Å². The number of carbonyl (C=O) groups is 2. The number of imidazole rings is 1. The molecule has 1 saturated carbocycles. The zero-order valence-electron chi connectivity index (χ0n) is 22.7. The molecule has 0 aromatic carbocycles. The minimum atomic E-state index is -3.89. The van der Waals surface area contributed by atoms with Gasteiger partial charge in [-0.2, -0.15) is 0 Å². The van der Waals surface area contributed by atoms with Gasteiger partial charge >= 0.3 is 11.9 Å². The van der Waals surface area contributed by atoms with E-state index in [-0.39, 0.29) is 24.4 Å². The highest BCUT2D eigenvalue weighted by Gasteiger charge is 2.47.